The van der Waals surface area contributed by atoms with Crippen molar-refractivity contribution in [1.82, 2.24) is 0 Å². The average Bonchev–Trinajstić information content (AvgIpc) is 2.40. The van der Waals surface area contributed by atoms with E-state index in [1.807, 2.05) is 0 Å². The van der Waals surface area contributed by atoms with Crippen molar-refractivity contribution in [3.05, 3.63) is 53.6 Å². The van der Waals surface area contributed by atoms with E-state index in [1.54, 1.807) is 0 Å². The van der Waals surface area contributed by atoms with E-state index in [0.29, 0.717) is 0 Å². The van der Waals surface area contributed by atoms with Crippen molar-refractivity contribution in [1.29, 1.82) is 0 Å². The predicted molar refractivity (Wildman–Crippen MR) is 67.3 cm³/mol. The smallest absolute Gasteiger partial charge is 0.416 e. The molecule has 0 aliphatic rings. The van der Waals surface area contributed by atoms with Gasteiger partial charge in [0.15, 0.2) is 0 Å². The highest BCUT2D eigenvalue weighted by Crippen LogP contribution is 2.35. The molecule has 2 rings (SSSR count). The lowest BCUT2D eigenvalue weighted by Gasteiger charge is -2.12. The van der Waals surface area contributed by atoms with Crippen LogP contribution in [0.4, 0.5) is 27.6 Å². The van der Waals surface area contributed by atoms with Crippen LogP contribution in [0.1, 0.15) is 17.6 Å². The molecule has 0 spiro atoms. The number of alkyl halides is 5. The van der Waals surface area contributed by atoms with Crippen LogP contribution in [0.3, 0.4) is 0 Å². The highest BCUT2D eigenvalue weighted by Gasteiger charge is 2.30. The summed E-state index contributed by atoms with van der Waals surface area (Å²) in [6.07, 6.45) is -7.27. The summed E-state index contributed by atoms with van der Waals surface area (Å²) in [5.74, 6) is -0.131. The second kappa shape index (κ2) is 5.59. The van der Waals surface area contributed by atoms with Gasteiger partial charge in [-0.2, -0.15) is 13.2 Å². The quantitative estimate of drug-likeness (QED) is 0.638. The fourth-order valence-electron chi connectivity index (χ4n) is 1.67. The molecule has 0 saturated heterocycles. The molecule has 2 aromatic carbocycles. The van der Waals surface area contributed by atoms with Gasteiger partial charge in [0, 0.05) is 5.69 Å². The van der Waals surface area contributed by atoms with E-state index in [4.69, 9.17) is 10.5 Å². The molecular weight excluding hydrogens is 293 g/mol. The third-order valence-corrected chi connectivity index (χ3v) is 2.68. The maximum absolute atomic E-state index is 12.8. The van der Waals surface area contributed by atoms with E-state index in [-0.39, 0.29) is 17.2 Å². The standard InChI is InChI=1S/C14H10F5NO/c15-13(16)11-7-9(20)3-6-12(11)21-10-4-1-8(2-5-10)14(17,18)19/h1-7,13H,20H2. The van der Waals surface area contributed by atoms with Crippen molar-refractivity contribution in [2.75, 3.05) is 5.73 Å². The molecule has 0 aromatic heterocycles. The van der Waals surface area contributed by atoms with E-state index in [9.17, 15) is 22.0 Å². The van der Waals surface area contributed by atoms with E-state index in [0.717, 1.165) is 30.3 Å². The number of rotatable bonds is 3. The minimum atomic E-state index is -4.46. The molecule has 2 N–H and O–H groups in total. The van der Waals surface area contributed by atoms with Gasteiger partial charge >= 0.3 is 6.18 Å². The molecule has 0 amide bonds. The summed E-state index contributed by atoms with van der Waals surface area (Å²) < 4.78 is 68.1. The summed E-state index contributed by atoms with van der Waals surface area (Å²) in [7, 11) is 0. The molecular formula is C14H10F5NO. The van der Waals surface area contributed by atoms with Crippen LogP contribution in [0.15, 0.2) is 42.5 Å². The summed E-state index contributed by atoms with van der Waals surface area (Å²) in [4.78, 5) is 0. The van der Waals surface area contributed by atoms with Crippen molar-refractivity contribution in [3.8, 4) is 11.5 Å². The van der Waals surface area contributed by atoms with Gasteiger partial charge in [0.05, 0.1) is 11.1 Å². The van der Waals surface area contributed by atoms with Gasteiger partial charge in [-0.25, -0.2) is 8.78 Å². The number of hydrogen-bond acceptors (Lipinski definition) is 2. The molecule has 0 atom stereocenters. The number of benzene rings is 2. The lowest BCUT2D eigenvalue weighted by molar-refractivity contribution is -0.137. The molecule has 0 fully saturated rings. The lowest BCUT2D eigenvalue weighted by Crippen LogP contribution is -2.04. The Balaban J connectivity index is 2.26. The number of halogens is 5. The van der Waals surface area contributed by atoms with E-state index in [1.165, 1.54) is 12.1 Å². The molecule has 21 heavy (non-hydrogen) atoms. The van der Waals surface area contributed by atoms with Gasteiger partial charge < -0.3 is 10.5 Å². The highest BCUT2D eigenvalue weighted by molar-refractivity contribution is 5.49. The maximum Gasteiger partial charge on any atom is 0.416 e. The number of hydrogen-bond donors (Lipinski definition) is 1. The van der Waals surface area contributed by atoms with Crippen molar-refractivity contribution < 1.29 is 26.7 Å². The zero-order chi connectivity index (χ0) is 15.6. The summed E-state index contributed by atoms with van der Waals surface area (Å²) in [5, 5.41) is 0. The monoisotopic (exact) mass is 303 g/mol. The topological polar surface area (TPSA) is 35.2 Å². The van der Waals surface area contributed by atoms with Crippen LogP contribution in [0.5, 0.6) is 11.5 Å². The SMILES string of the molecule is Nc1ccc(Oc2ccc(C(F)(F)F)cc2)c(C(F)F)c1. The zero-order valence-corrected chi connectivity index (χ0v) is 10.5. The predicted octanol–water partition coefficient (Wildman–Crippen LogP) is 5.02. The fraction of sp³-hybridized carbons (Fsp3) is 0.143. The van der Waals surface area contributed by atoms with Gasteiger partial charge in [0.2, 0.25) is 0 Å². The van der Waals surface area contributed by atoms with Gasteiger partial charge in [-0.15, -0.1) is 0 Å². The largest absolute Gasteiger partial charge is 0.457 e. The third kappa shape index (κ3) is 3.62. The molecule has 0 heterocycles. The second-order valence-corrected chi connectivity index (χ2v) is 4.22. The Bertz CT molecular complexity index is 622. The van der Waals surface area contributed by atoms with Crippen LogP contribution in [-0.4, -0.2) is 0 Å². The normalized spacial score (nSPS) is 11.7. The molecule has 2 aromatic rings. The summed E-state index contributed by atoms with van der Waals surface area (Å²) in [6, 6.07) is 7.43. The van der Waals surface area contributed by atoms with Gasteiger partial charge in [-0.05, 0) is 42.5 Å². The number of ether oxygens (including phenoxy) is 1. The Kier molecular flexibility index (Phi) is 4.02. The van der Waals surface area contributed by atoms with E-state index in [2.05, 4.69) is 0 Å². The van der Waals surface area contributed by atoms with Crippen LogP contribution in [-0.2, 0) is 6.18 Å². The first-order valence-electron chi connectivity index (χ1n) is 5.80. The van der Waals surface area contributed by atoms with Gasteiger partial charge in [0.25, 0.3) is 6.43 Å². The van der Waals surface area contributed by atoms with Crippen molar-refractivity contribution in [2.24, 2.45) is 0 Å². The Morgan fingerprint density at radius 2 is 1.57 bits per heavy atom. The van der Waals surface area contributed by atoms with Crippen molar-refractivity contribution >= 4 is 5.69 Å². The molecule has 112 valence electrons. The third-order valence-electron chi connectivity index (χ3n) is 2.68. The number of nitrogen functional groups attached to an aromatic ring is 1. The van der Waals surface area contributed by atoms with Crippen molar-refractivity contribution in [2.45, 2.75) is 12.6 Å². The lowest BCUT2D eigenvalue weighted by atomic mass is 10.2. The average molecular weight is 303 g/mol. The molecule has 7 heteroatoms. The maximum atomic E-state index is 12.8. The Labute approximate surface area is 116 Å². The fourth-order valence-corrected chi connectivity index (χ4v) is 1.67. The number of nitrogens with two attached hydrogens (primary N) is 1. The Hall–Kier alpha value is -2.31. The van der Waals surface area contributed by atoms with Crippen LogP contribution < -0.4 is 10.5 Å². The molecule has 2 nitrogen and oxygen atoms in total. The van der Waals surface area contributed by atoms with Gasteiger partial charge in [-0.3, -0.25) is 0 Å². The number of anilines is 1. The van der Waals surface area contributed by atoms with Crippen LogP contribution in [0.2, 0.25) is 0 Å². The van der Waals surface area contributed by atoms with Crippen LogP contribution >= 0.6 is 0 Å². The molecule has 0 aliphatic carbocycles. The minimum absolute atomic E-state index is 0.0228. The Morgan fingerprint density at radius 1 is 0.952 bits per heavy atom. The second-order valence-electron chi connectivity index (χ2n) is 4.22. The molecule has 0 unspecified atom stereocenters. The molecule has 0 saturated carbocycles. The zero-order valence-electron chi connectivity index (χ0n) is 10.5. The minimum Gasteiger partial charge on any atom is -0.457 e. The van der Waals surface area contributed by atoms with E-state index >= 15 is 0 Å². The molecule has 0 aliphatic heterocycles. The van der Waals surface area contributed by atoms with Crippen LogP contribution in [0, 0.1) is 0 Å². The van der Waals surface area contributed by atoms with Crippen molar-refractivity contribution in [3.63, 3.8) is 0 Å². The van der Waals surface area contributed by atoms with Gasteiger partial charge in [-0.1, -0.05) is 0 Å². The summed E-state index contributed by atoms with van der Waals surface area (Å²) in [5.41, 5.74) is 4.29. The highest BCUT2D eigenvalue weighted by atomic mass is 19.4. The Morgan fingerprint density at radius 3 is 2.10 bits per heavy atom. The first-order valence-corrected chi connectivity index (χ1v) is 5.80. The molecule has 0 bridgehead atoms. The summed E-state index contributed by atoms with van der Waals surface area (Å²) >= 11 is 0. The molecule has 0 radical (unpaired) electrons. The van der Waals surface area contributed by atoms with Crippen LogP contribution in [0.25, 0.3) is 0 Å². The first-order chi connectivity index (χ1) is 9.77. The van der Waals surface area contributed by atoms with Gasteiger partial charge in [0.1, 0.15) is 11.5 Å². The summed E-state index contributed by atoms with van der Waals surface area (Å²) in [6.45, 7) is 0. The van der Waals surface area contributed by atoms with E-state index < -0.39 is 23.7 Å². The first kappa shape index (κ1) is 15.1.